The van der Waals surface area contributed by atoms with Gasteiger partial charge in [0.2, 0.25) is 10.0 Å². The molecule has 1 aromatic heterocycles. The predicted octanol–water partition coefficient (Wildman–Crippen LogP) is 2.24. The zero-order chi connectivity index (χ0) is 13.9. The molecule has 0 amide bonds. The van der Waals surface area contributed by atoms with Crippen molar-refractivity contribution in [2.45, 2.75) is 43.9 Å². The Morgan fingerprint density at radius 2 is 2.16 bits per heavy atom. The van der Waals surface area contributed by atoms with E-state index in [0.717, 1.165) is 42.8 Å². The second kappa shape index (κ2) is 6.35. The summed E-state index contributed by atoms with van der Waals surface area (Å²) in [5, 5.41) is 3.31. The average molecular weight is 302 g/mol. The standard InChI is InChI=1S/C13H22N2O2S2/c1-3-6-14-9-12-10(2)7-13(18-12)19(16,17)15-8-11-4-5-11/h7,11,14-15H,3-6,8-9H2,1-2H3. The lowest BCUT2D eigenvalue weighted by atomic mass is 10.3. The van der Waals surface area contributed by atoms with Gasteiger partial charge in [-0.2, -0.15) is 0 Å². The fourth-order valence-corrected chi connectivity index (χ4v) is 4.52. The first kappa shape index (κ1) is 15.0. The molecule has 6 heteroatoms. The molecule has 1 fully saturated rings. The number of nitrogens with one attached hydrogen (secondary N) is 2. The predicted molar refractivity (Wildman–Crippen MR) is 79.0 cm³/mol. The Bertz CT molecular complexity index is 519. The van der Waals surface area contributed by atoms with Crippen molar-refractivity contribution >= 4 is 21.4 Å². The van der Waals surface area contributed by atoms with Gasteiger partial charge in [0.1, 0.15) is 4.21 Å². The molecule has 0 bridgehead atoms. The minimum Gasteiger partial charge on any atom is -0.312 e. The Morgan fingerprint density at radius 1 is 1.42 bits per heavy atom. The Labute approximate surface area is 119 Å². The van der Waals surface area contributed by atoms with Gasteiger partial charge in [-0.1, -0.05) is 6.92 Å². The molecule has 19 heavy (non-hydrogen) atoms. The molecule has 0 spiro atoms. The Hall–Kier alpha value is -0.430. The van der Waals surface area contributed by atoms with Gasteiger partial charge >= 0.3 is 0 Å². The summed E-state index contributed by atoms with van der Waals surface area (Å²) < 4.78 is 27.4. The molecule has 0 aliphatic heterocycles. The summed E-state index contributed by atoms with van der Waals surface area (Å²) in [6, 6.07) is 1.78. The van der Waals surface area contributed by atoms with Crippen molar-refractivity contribution in [1.82, 2.24) is 10.0 Å². The maximum absolute atomic E-state index is 12.1. The van der Waals surface area contributed by atoms with Crippen LogP contribution in [0.3, 0.4) is 0 Å². The van der Waals surface area contributed by atoms with Crippen LogP contribution < -0.4 is 10.0 Å². The Morgan fingerprint density at radius 3 is 2.79 bits per heavy atom. The topological polar surface area (TPSA) is 58.2 Å². The molecule has 0 unspecified atom stereocenters. The van der Waals surface area contributed by atoms with E-state index in [4.69, 9.17) is 0 Å². The van der Waals surface area contributed by atoms with E-state index in [0.29, 0.717) is 16.7 Å². The van der Waals surface area contributed by atoms with Crippen LogP contribution in [0.1, 0.15) is 36.6 Å². The maximum Gasteiger partial charge on any atom is 0.250 e. The van der Waals surface area contributed by atoms with Crippen LogP contribution in [0.4, 0.5) is 0 Å². The number of thiophene rings is 1. The van der Waals surface area contributed by atoms with Crippen molar-refractivity contribution in [3.05, 3.63) is 16.5 Å². The average Bonchev–Trinajstić information content (AvgIpc) is 3.12. The summed E-state index contributed by atoms with van der Waals surface area (Å²) in [5.74, 6) is 0.557. The second-order valence-corrected chi connectivity index (χ2v) is 8.27. The zero-order valence-corrected chi connectivity index (χ0v) is 13.2. The van der Waals surface area contributed by atoms with E-state index in [1.54, 1.807) is 6.07 Å². The summed E-state index contributed by atoms with van der Waals surface area (Å²) in [7, 11) is -3.31. The van der Waals surface area contributed by atoms with Crippen molar-refractivity contribution in [1.29, 1.82) is 0 Å². The highest BCUT2D eigenvalue weighted by atomic mass is 32.2. The maximum atomic E-state index is 12.1. The first-order valence-corrected chi connectivity index (χ1v) is 9.12. The molecule has 0 saturated heterocycles. The molecule has 2 N–H and O–H groups in total. The van der Waals surface area contributed by atoms with E-state index in [2.05, 4.69) is 17.0 Å². The highest BCUT2D eigenvalue weighted by molar-refractivity contribution is 7.91. The van der Waals surface area contributed by atoms with E-state index in [1.807, 2.05) is 6.92 Å². The van der Waals surface area contributed by atoms with Gasteiger partial charge in [-0.05, 0) is 50.3 Å². The molecule has 4 nitrogen and oxygen atoms in total. The summed E-state index contributed by atoms with van der Waals surface area (Å²) >= 11 is 1.38. The van der Waals surface area contributed by atoms with Crippen molar-refractivity contribution in [2.24, 2.45) is 5.92 Å². The smallest absolute Gasteiger partial charge is 0.250 e. The van der Waals surface area contributed by atoms with E-state index in [1.165, 1.54) is 11.3 Å². The molecule has 0 aromatic carbocycles. The molecule has 1 saturated carbocycles. The number of hydrogen-bond acceptors (Lipinski definition) is 4. The van der Waals surface area contributed by atoms with Gasteiger partial charge in [-0.15, -0.1) is 11.3 Å². The minimum atomic E-state index is -3.31. The number of rotatable bonds is 8. The summed E-state index contributed by atoms with van der Waals surface area (Å²) in [6.07, 6.45) is 3.38. The third-order valence-corrected chi connectivity index (χ3v) is 6.37. The van der Waals surface area contributed by atoms with Crippen molar-refractivity contribution in [3.63, 3.8) is 0 Å². The molecule has 1 heterocycles. The first-order chi connectivity index (χ1) is 9.03. The lowest BCUT2D eigenvalue weighted by Gasteiger charge is -2.03. The molecule has 0 atom stereocenters. The van der Waals surface area contributed by atoms with Gasteiger partial charge in [0.15, 0.2) is 0 Å². The Kier molecular flexibility index (Phi) is 5.00. The fraction of sp³-hybridized carbons (Fsp3) is 0.692. The Balaban J connectivity index is 2.00. The molecule has 1 aliphatic carbocycles. The molecule has 108 valence electrons. The monoisotopic (exact) mass is 302 g/mol. The summed E-state index contributed by atoms with van der Waals surface area (Å²) in [6.45, 7) is 6.38. The van der Waals surface area contributed by atoms with Gasteiger partial charge < -0.3 is 5.32 Å². The van der Waals surface area contributed by atoms with Crippen LogP contribution in [0.2, 0.25) is 0 Å². The summed E-state index contributed by atoms with van der Waals surface area (Å²) in [5.41, 5.74) is 1.06. The fourth-order valence-electron chi connectivity index (χ4n) is 1.80. The van der Waals surface area contributed by atoms with Crippen LogP contribution in [0.5, 0.6) is 0 Å². The normalized spacial score (nSPS) is 15.9. The van der Waals surface area contributed by atoms with E-state index in [9.17, 15) is 8.42 Å². The van der Waals surface area contributed by atoms with E-state index in [-0.39, 0.29) is 0 Å². The second-order valence-electron chi connectivity index (χ2n) is 5.14. The quantitative estimate of drug-likeness (QED) is 0.724. The molecular formula is C13H22N2O2S2. The molecule has 2 rings (SSSR count). The third kappa shape index (κ3) is 4.27. The highest BCUT2D eigenvalue weighted by Crippen LogP contribution is 2.29. The van der Waals surface area contributed by atoms with Crippen LogP contribution in [0, 0.1) is 12.8 Å². The number of aryl methyl sites for hydroxylation is 1. The zero-order valence-electron chi connectivity index (χ0n) is 11.5. The van der Waals surface area contributed by atoms with Crippen molar-refractivity contribution < 1.29 is 8.42 Å². The lowest BCUT2D eigenvalue weighted by molar-refractivity contribution is 0.579. The van der Waals surface area contributed by atoms with Crippen molar-refractivity contribution in [2.75, 3.05) is 13.1 Å². The largest absolute Gasteiger partial charge is 0.312 e. The van der Waals surface area contributed by atoms with Crippen molar-refractivity contribution in [3.8, 4) is 0 Å². The summed E-state index contributed by atoms with van der Waals surface area (Å²) in [4.78, 5) is 1.11. The number of sulfonamides is 1. The van der Waals surface area contributed by atoms with Crippen LogP contribution in [-0.2, 0) is 16.6 Å². The van der Waals surface area contributed by atoms with Gasteiger partial charge in [0.05, 0.1) is 0 Å². The molecule has 0 radical (unpaired) electrons. The molecular weight excluding hydrogens is 280 g/mol. The first-order valence-electron chi connectivity index (χ1n) is 6.82. The van der Waals surface area contributed by atoms with Crippen LogP contribution in [0.15, 0.2) is 10.3 Å². The van der Waals surface area contributed by atoms with E-state index >= 15 is 0 Å². The van der Waals surface area contributed by atoms with Gasteiger partial charge in [-0.3, -0.25) is 0 Å². The minimum absolute atomic E-state index is 0.443. The van der Waals surface area contributed by atoms with Crippen LogP contribution in [0.25, 0.3) is 0 Å². The third-order valence-electron chi connectivity index (χ3n) is 3.23. The van der Waals surface area contributed by atoms with Gasteiger partial charge in [0, 0.05) is 18.0 Å². The SMILES string of the molecule is CCCNCc1sc(S(=O)(=O)NCC2CC2)cc1C. The lowest BCUT2D eigenvalue weighted by Crippen LogP contribution is -2.25. The van der Waals surface area contributed by atoms with Gasteiger partial charge in [-0.25, -0.2) is 13.1 Å². The molecule has 1 aromatic rings. The molecule has 1 aliphatic rings. The van der Waals surface area contributed by atoms with Gasteiger partial charge in [0.25, 0.3) is 0 Å². The van der Waals surface area contributed by atoms with Crippen LogP contribution >= 0.6 is 11.3 Å². The van der Waals surface area contributed by atoms with Crippen LogP contribution in [-0.4, -0.2) is 21.5 Å². The van der Waals surface area contributed by atoms with E-state index < -0.39 is 10.0 Å². The number of hydrogen-bond donors (Lipinski definition) is 2. The highest BCUT2D eigenvalue weighted by Gasteiger charge is 2.25.